The molecule has 0 radical (unpaired) electrons. The molecule has 0 aliphatic carbocycles. The van der Waals surface area contributed by atoms with E-state index in [0.29, 0.717) is 26.3 Å². The number of benzene rings is 2. The quantitative estimate of drug-likeness (QED) is 0.685. The number of rotatable bonds is 10. The minimum Gasteiger partial charge on any atom is -0.493 e. The van der Waals surface area contributed by atoms with E-state index in [-0.39, 0.29) is 5.82 Å². The summed E-state index contributed by atoms with van der Waals surface area (Å²) in [5, 5.41) is 3.37. The Morgan fingerprint density at radius 3 is 2.29 bits per heavy atom. The van der Waals surface area contributed by atoms with Crippen LogP contribution in [-0.4, -0.2) is 13.2 Å². The minimum absolute atomic E-state index is 0.211. The number of ether oxygens (including phenoxy) is 2. The molecule has 3 nitrogen and oxygen atoms in total. The predicted octanol–water partition coefficient (Wildman–Crippen LogP) is 4.69. The van der Waals surface area contributed by atoms with Crippen molar-refractivity contribution in [3.8, 4) is 11.5 Å². The summed E-state index contributed by atoms with van der Waals surface area (Å²) in [5.74, 6) is 1.49. The van der Waals surface area contributed by atoms with Crippen molar-refractivity contribution in [3.05, 3.63) is 59.4 Å². The summed E-state index contributed by atoms with van der Waals surface area (Å²) >= 11 is 0. The molecule has 0 aliphatic rings. The average molecular weight is 331 g/mol. The lowest BCUT2D eigenvalue weighted by Crippen LogP contribution is -2.14. The van der Waals surface area contributed by atoms with E-state index >= 15 is 0 Å². The van der Waals surface area contributed by atoms with Gasteiger partial charge in [0.15, 0.2) is 0 Å². The van der Waals surface area contributed by atoms with E-state index in [0.717, 1.165) is 35.5 Å². The fourth-order valence-corrected chi connectivity index (χ4v) is 2.28. The lowest BCUT2D eigenvalue weighted by Gasteiger charge is -2.14. The van der Waals surface area contributed by atoms with E-state index in [1.165, 1.54) is 12.1 Å². The summed E-state index contributed by atoms with van der Waals surface area (Å²) in [6.07, 6.45) is 1.94. The molecule has 0 unspecified atom stereocenters. The lowest BCUT2D eigenvalue weighted by molar-refractivity contribution is 0.299. The Balaban J connectivity index is 1.97. The maximum atomic E-state index is 12.9. The fourth-order valence-electron chi connectivity index (χ4n) is 2.28. The molecule has 2 rings (SSSR count). The molecule has 0 fully saturated rings. The van der Waals surface area contributed by atoms with Gasteiger partial charge in [-0.25, -0.2) is 4.39 Å². The van der Waals surface area contributed by atoms with Crippen molar-refractivity contribution in [1.29, 1.82) is 0 Å². The fraction of sp³-hybridized carbons (Fsp3) is 0.400. The first-order valence-electron chi connectivity index (χ1n) is 8.56. The molecular weight excluding hydrogens is 305 g/mol. The first-order valence-corrected chi connectivity index (χ1v) is 8.56. The molecule has 2 aromatic carbocycles. The smallest absolute Gasteiger partial charge is 0.127 e. The van der Waals surface area contributed by atoms with Crippen molar-refractivity contribution >= 4 is 0 Å². The molecule has 0 aromatic heterocycles. The number of hydrogen-bond donors (Lipinski definition) is 1. The van der Waals surface area contributed by atoms with Crippen LogP contribution in [0.15, 0.2) is 42.5 Å². The Morgan fingerprint density at radius 1 is 0.875 bits per heavy atom. The van der Waals surface area contributed by atoms with Crippen molar-refractivity contribution in [2.45, 2.75) is 39.8 Å². The van der Waals surface area contributed by atoms with E-state index in [1.807, 2.05) is 18.2 Å². The van der Waals surface area contributed by atoms with E-state index in [1.54, 1.807) is 12.1 Å². The topological polar surface area (TPSA) is 30.5 Å². The van der Waals surface area contributed by atoms with Crippen LogP contribution in [0.2, 0.25) is 0 Å². The number of nitrogens with one attached hydrogen (secondary N) is 1. The molecule has 4 heteroatoms. The zero-order valence-electron chi connectivity index (χ0n) is 14.5. The third-order valence-corrected chi connectivity index (χ3v) is 3.53. The van der Waals surface area contributed by atoms with E-state index < -0.39 is 0 Å². The Kier molecular flexibility index (Phi) is 7.56. The molecule has 0 spiro atoms. The second-order valence-corrected chi connectivity index (χ2v) is 5.70. The Hall–Kier alpha value is -2.07. The van der Waals surface area contributed by atoms with Gasteiger partial charge in [-0.3, -0.25) is 0 Å². The highest BCUT2D eigenvalue weighted by molar-refractivity contribution is 5.40. The molecule has 0 heterocycles. The van der Waals surface area contributed by atoms with Crippen LogP contribution in [0.4, 0.5) is 4.39 Å². The van der Waals surface area contributed by atoms with Gasteiger partial charge in [0.25, 0.3) is 0 Å². The molecule has 24 heavy (non-hydrogen) atoms. The normalized spacial score (nSPS) is 10.6. The molecule has 2 aromatic rings. The van der Waals surface area contributed by atoms with Crippen LogP contribution in [0.25, 0.3) is 0 Å². The van der Waals surface area contributed by atoms with Crippen LogP contribution in [0.3, 0.4) is 0 Å². The van der Waals surface area contributed by atoms with Gasteiger partial charge in [-0.15, -0.1) is 0 Å². The SMILES string of the molecule is CCCOc1ccc(CNCc2ccc(F)cc2)c(OCCC)c1. The van der Waals surface area contributed by atoms with E-state index in [9.17, 15) is 4.39 Å². The first kappa shape index (κ1) is 18.3. The summed E-state index contributed by atoms with van der Waals surface area (Å²) in [7, 11) is 0. The highest BCUT2D eigenvalue weighted by Crippen LogP contribution is 2.25. The summed E-state index contributed by atoms with van der Waals surface area (Å²) in [6.45, 7) is 6.93. The second kappa shape index (κ2) is 9.93. The standard InChI is InChI=1S/C20H26FNO2/c1-3-11-23-19-10-7-17(20(13-19)24-12-4-2)15-22-14-16-5-8-18(21)9-6-16/h5-10,13,22H,3-4,11-12,14-15H2,1-2H3. The molecule has 0 saturated heterocycles. The van der Waals surface area contributed by atoms with Crippen molar-refractivity contribution < 1.29 is 13.9 Å². The van der Waals surface area contributed by atoms with Crippen LogP contribution < -0.4 is 14.8 Å². The van der Waals surface area contributed by atoms with Crippen molar-refractivity contribution in [2.24, 2.45) is 0 Å². The zero-order valence-corrected chi connectivity index (χ0v) is 14.5. The zero-order chi connectivity index (χ0) is 17.2. The Labute approximate surface area is 143 Å². The van der Waals surface area contributed by atoms with Crippen LogP contribution in [0, 0.1) is 5.82 Å². The first-order chi connectivity index (χ1) is 11.7. The molecule has 0 saturated carbocycles. The summed E-state index contributed by atoms with van der Waals surface area (Å²) < 4.78 is 24.5. The van der Waals surface area contributed by atoms with Gasteiger partial charge in [-0.05, 0) is 36.6 Å². The average Bonchev–Trinajstić information content (AvgIpc) is 2.61. The summed E-state index contributed by atoms with van der Waals surface area (Å²) in [4.78, 5) is 0. The molecule has 0 amide bonds. The van der Waals surface area contributed by atoms with Crippen molar-refractivity contribution in [2.75, 3.05) is 13.2 Å². The van der Waals surface area contributed by atoms with Gasteiger partial charge in [0.1, 0.15) is 17.3 Å². The largest absolute Gasteiger partial charge is 0.493 e. The Morgan fingerprint density at radius 2 is 1.58 bits per heavy atom. The van der Waals surface area contributed by atoms with Gasteiger partial charge in [0.05, 0.1) is 13.2 Å². The summed E-state index contributed by atoms with van der Waals surface area (Å²) in [5.41, 5.74) is 2.14. The number of hydrogen-bond acceptors (Lipinski definition) is 3. The number of halogens is 1. The van der Waals surface area contributed by atoms with E-state index in [2.05, 4.69) is 19.2 Å². The maximum Gasteiger partial charge on any atom is 0.127 e. The van der Waals surface area contributed by atoms with Crippen LogP contribution in [0.5, 0.6) is 11.5 Å². The Bertz CT molecular complexity index is 614. The highest BCUT2D eigenvalue weighted by Gasteiger charge is 2.06. The molecular formula is C20H26FNO2. The second-order valence-electron chi connectivity index (χ2n) is 5.70. The van der Waals surface area contributed by atoms with Gasteiger partial charge in [-0.1, -0.05) is 32.0 Å². The van der Waals surface area contributed by atoms with Gasteiger partial charge >= 0.3 is 0 Å². The summed E-state index contributed by atoms with van der Waals surface area (Å²) in [6, 6.07) is 12.5. The van der Waals surface area contributed by atoms with Gasteiger partial charge in [-0.2, -0.15) is 0 Å². The predicted molar refractivity (Wildman–Crippen MR) is 95.0 cm³/mol. The molecule has 0 aliphatic heterocycles. The highest BCUT2D eigenvalue weighted by atomic mass is 19.1. The third-order valence-electron chi connectivity index (χ3n) is 3.53. The lowest BCUT2D eigenvalue weighted by atomic mass is 10.1. The van der Waals surface area contributed by atoms with Crippen LogP contribution >= 0.6 is 0 Å². The molecule has 130 valence electrons. The van der Waals surface area contributed by atoms with Gasteiger partial charge in [0.2, 0.25) is 0 Å². The van der Waals surface area contributed by atoms with Crippen molar-refractivity contribution in [3.63, 3.8) is 0 Å². The van der Waals surface area contributed by atoms with Gasteiger partial charge in [0, 0.05) is 24.7 Å². The van der Waals surface area contributed by atoms with Gasteiger partial charge < -0.3 is 14.8 Å². The van der Waals surface area contributed by atoms with E-state index in [4.69, 9.17) is 9.47 Å². The van der Waals surface area contributed by atoms with Crippen molar-refractivity contribution in [1.82, 2.24) is 5.32 Å². The minimum atomic E-state index is -0.211. The molecule has 1 N–H and O–H groups in total. The van der Waals surface area contributed by atoms with Crippen LogP contribution in [0.1, 0.15) is 37.8 Å². The third kappa shape index (κ3) is 5.85. The monoisotopic (exact) mass is 331 g/mol. The maximum absolute atomic E-state index is 12.9. The molecule has 0 atom stereocenters. The molecule has 0 bridgehead atoms. The van der Waals surface area contributed by atoms with Crippen LogP contribution in [-0.2, 0) is 13.1 Å².